The predicted molar refractivity (Wildman–Crippen MR) is 71.5 cm³/mol. The van der Waals surface area contributed by atoms with Crippen LogP contribution in [0.15, 0.2) is 12.4 Å². The van der Waals surface area contributed by atoms with Gasteiger partial charge in [0.1, 0.15) is 11.9 Å². The fraction of sp³-hybridized carbons (Fsp3) is 0.769. The molecule has 0 radical (unpaired) electrons. The summed E-state index contributed by atoms with van der Waals surface area (Å²) in [7, 11) is -2.85. The van der Waals surface area contributed by atoms with Gasteiger partial charge in [-0.25, -0.2) is 13.4 Å². The van der Waals surface area contributed by atoms with Crippen LogP contribution in [-0.4, -0.2) is 34.6 Å². The number of sulfone groups is 1. The monoisotopic (exact) mass is 284 g/mol. The van der Waals surface area contributed by atoms with Gasteiger partial charge in [0.05, 0.1) is 17.5 Å². The fourth-order valence-electron chi connectivity index (χ4n) is 3.22. The summed E-state index contributed by atoms with van der Waals surface area (Å²) in [4.78, 5) is 4.26. The van der Waals surface area contributed by atoms with Crippen molar-refractivity contribution in [2.75, 3.05) is 11.5 Å². The van der Waals surface area contributed by atoms with Crippen LogP contribution in [0.4, 0.5) is 0 Å². The van der Waals surface area contributed by atoms with Crippen molar-refractivity contribution in [3.63, 3.8) is 0 Å². The van der Waals surface area contributed by atoms with Gasteiger partial charge in [-0.1, -0.05) is 19.3 Å². The Labute approximate surface area is 113 Å². The summed E-state index contributed by atoms with van der Waals surface area (Å²) in [5.74, 6) is 1.26. The topological polar surface area (TPSA) is 72.2 Å². The number of hydrogen-bond acceptors (Lipinski definition) is 4. The minimum absolute atomic E-state index is 0.0410. The Morgan fingerprint density at radius 3 is 2.58 bits per heavy atom. The summed E-state index contributed by atoms with van der Waals surface area (Å²) >= 11 is 0. The normalized spacial score (nSPS) is 25.9. The van der Waals surface area contributed by atoms with E-state index in [-0.39, 0.29) is 23.5 Å². The van der Waals surface area contributed by atoms with E-state index in [1.54, 1.807) is 12.4 Å². The van der Waals surface area contributed by atoms with Crippen LogP contribution in [0.5, 0.6) is 0 Å². The van der Waals surface area contributed by atoms with Crippen LogP contribution in [0.2, 0.25) is 0 Å². The van der Waals surface area contributed by atoms with Gasteiger partial charge in [0.2, 0.25) is 0 Å². The minimum atomic E-state index is -2.85. The summed E-state index contributed by atoms with van der Waals surface area (Å²) in [5, 5.41) is 10.5. The van der Waals surface area contributed by atoms with Gasteiger partial charge in [-0.05, 0) is 18.8 Å². The molecule has 2 aliphatic rings. The van der Waals surface area contributed by atoms with E-state index in [0.717, 1.165) is 12.8 Å². The summed E-state index contributed by atoms with van der Waals surface area (Å²) in [6.45, 7) is 0. The molecular formula is C13H20N2O3S. The van der Waals surface area contributed by atoms with Gasteiger partial charge in [-0.15, -0.1) is 0 Å². The molecule has 0 amide bonds. The standard InChI is InChI=1S/C13H20N2O3S/c16-12(10-4-2-1-3-5-10)13-14-6-7-15(13)11-8-19(17,18)9-11/h6-7,10-12,16H,1-5,8-9H2. The molecule has 1 saturated carbocycles. The van der Waals surface area contributed by atoms with Crippen LogP contribution in [0.3, 0.4) is 0 Å². The van der Waals surface area contributed by atoms with Gasteiger partial charge >= 0.3 is 0 Å². The second-order valence-corrected chi connectivity index (χ2v) is 7.92. The molecule has 1 unspecified atom stereocenters. The summed E-state index contributed by atoms with van der Waals surface area (Å²) < 4.78 is 24.4. The van der Waals surface area contributed by atoms with E-state index in [4.69, 9.17) is 0 Å². The third-order valence-electron chi connectivity index (χ3n) is 4.35. The smallest absolute Gasteiger partial charge is 0.154 e. The molecule has 1 saturated heterocycles. The molecule has 0 spiro atoms. The van der Waals surface area contributed by atoms with Crippen molar-refractivity contribution >= 4 is 9.84 Å². The Hall–Kier alpha value is -0.880. The third-order valence-corrected chi connectivity index (χ3v) is 6.13. The highest BCUT2D eigenvalue weighted by atomic mass is 32.2. The van der Waals surface area contributed by atoms with Gasteiger partial charge in [0.15, 0.2) is 9.84 Å². The highest BCUT2D eigenvalue weighted by molar-refractivity contribution is 7.92. The molecular weight excluding hydrogens is 264 g/mol. The number of aromatic nitrogens is 2. The maximum atomic E-state index is 11.3. The van der Waals surface area contributed by atoms with E-state index in [0.29, 0.717) is 5.82 Å². The lowest BCUT2D eigenvalue weighted by molar-refractivity contribution is 0.0728. The molecule has 1 N–H and O–H groups in total. The van der Waals surface area contributed by atoms with Crippen LogP contribution in [0.25, 0.3) is 0 Å². The fourth-order valence-corrected chi connectivity index (χ4v) is 4.62. The van der Waals surface area contributed by atoms with E-state index >= 15 is 0 Å². The number of aliphatic hydroxyl groups is 1. The summed E-state index contributed by atoms with van der Waals surface area (Å²) in [6, 6.07) is -0.0410. The van der Waals surface area contributed by atoms with Crippen molar-refractivity contribution < 1.29 is 13.5 Å². The van der Waals surface area contributed by atoms with E-state index in [1.165, 1.54) is 19.3 Å². The lowest BCUT2D eigenvalue weighted by Gasteiger charge is -2.31. The maximum Gasteiger partial charge on any atom is 0.154 e. The molecule has 1 aromatic heterocycles. The molecule has 5 nitrogen and oxygen atoms in total. The molecule has 1 aliphatic heterocycles. The third kappa shape index (κ3) is 2.56. The highest BCUT2D eigenvalue weighted by Gasteiger charge is 2.37. The number of aliphatic hydroxyl groups excluding tert-OH is 1. The molecule has 2 fully saturated rings. The average molecular weight is 284 g/mol. The first-order valence-electron chi connectivity index (χ1n) is 6.98. The largest absolute Gasteiger partial charge is 0.385 e. The van der Waals surface area contributed by atoms with Crippen LogP contribution < -0.4 is 0 Å². The Balaban J connectivity index is 1.76. The van der Waals surface area contributed by atoms with E-state index in [2.05, 4.69) is 4.98 Å². The molecule has 1 aliphatic carbocycles. The lowest BCUT2D eigenvalue weighted by Crippen LogP contribution is -2.39. The predicted octanol–water partition coefficient (Wildman–Crippen LogP) is 1.47. The average Bonchev–Trinajstić information content (AvgIpc) is 2.85. The molecule has 19 heavy (non-hydrogen) atoms. The van der Waals surface area contributed by atoms with Gasteiger partial charge in [0.25, 0.3) is 0 Å². The van der Waals surface area contributed by atoms with Crippen LogP contribution >= 0.6 is 0 Å². The maximum absolute atomic E-state index is 11.3. The number of hydrogen-bond donors (Lipinski definition) is 1. The second-order valence-electron chi connectivity index (χ2n) is 5.77. The number of imidazole rings is 1. The van der Waals surface area contributed by atoms with Gasteiger partial charge in [-0.2, -0.15) is 0 Å². The quantitative estimate of drug-likeness (QED) is 0.912. The van der Waals surface area contributed by atoms with Gasteiger partial charge in [-0.3, -0.25) is 0 Å². The van der Waals surface area contributed by atoms with E-state index in [9.17, 15) is 13.5 Å². The van der Waals surface area contributed by atoms with Gasteiger partial charge < -0.3 is 9.67 Å². The van der Waals surface area contributed by atoms with E-state index < -0.39 is 15.9 Å². The van der Waals surface area contributed by atoms with Crippen molar-refractivity contribution in [1.29, 1.82) is 0 Å². The molecule has 3 rings (SSSR count). The van der Waals surface area contributed by atoms with Gasteiger partial charge in [0, 0.05) is 12.4 Å². The zero-order valence-corrected chi connectivity index (χ0v) is 11.7. The van der Waals surface area contributed by atoms with Crippen LogP contribution in [-0.2, 0) is 9.84 Å². The SMILES string of the molecule is O=S1(=O)CC(n2ccnc2C(O)C2CCCCC2)C1. The number of rotatable bonds is 3. The van der Waals surface area contributed by atoms with Crippen LogP contribution in [0, 0.1) is 5.92 Å². The zero-order valence-electron chi connectivity index (χ0n) is 10.9. The van der Waals surface area contributed by atoms with Crippen molar-refractivity contribution in [2.45, 2.75) is 44.2 Å². The molecule has 1 aromatic rings. The van der Waals surface area contributed by atoms with Crippen molar-refractivity contribution in [1.82, 2.24) is 9.55 Å². The first kappa shape index (κ1) is 13.1. The van der Waals surface area contributed by atoms with Crippen LogP contribution in [0.1, 0.15) is 50.1 Å². The van der Waals surface area contributed by atoms with Crippen molar-refractivity contribution in [2.24, 2.45) is 5.92 Å². The molecule has 1 atom stereocenters. The zero-order chi connectivity index (χ0) is 13.5. The Morgan fingerprint density at radius 1 is 1.26 bits per heavy atom. The molecule has 0 aromatic carbocycles. The second kappa shape index (κ2) is 4.90. The molecule has 2 heterocycles. The Bertz CT molecular complexity index is 534. The number of nitrogens with zero attached hydrogens (tertiary/aromatic N) is 2. The Kier molecular flexibility index (Phi) is 3.39. The summed E-state index contributed by atoms with van der Waals surface area (Å²) in [5.41, 5.74) is 0. The first-order valence-corrected chi connectivity index (χ1v) is 8.80. The summed E-state index contributed by atoms with van der Waals surface area (Å²) in [6.07, 6.45) is 8.55. The minimum Gasteiger partial charge on any atom is -0.385 e. The molecule has 0 bridgehead atoms. The molecule has 6 heteroatoms. The molecule has 106 valence electrons. The van der Waals surface area contributed by atoms with E-state index in [1.807, 2.05) is 4.57 Å². The van der Waals surface area contributed by atoms with Crippen molar-refractivity contribution in [3.8, 4) is 0 Å². The lowest BCUT2D eigenvalue weighted by atomic mass is 9.85. The highest BCUT2D eigenvalue weighted by Crippen LogP contribution is 2.35. The first-order chi connectivity index (χ1) is 9.07. The van der Waals surface area contributed by atoms with Crippen molar-refractivity contribution in [3.05, 3.63) is 18.2 Å². The Morgan fingerprint density at radius 2 is 1.95 bits per heavy atom.